The van der Waals surface area contributed by atoms with Crippen LogP contribution in [-0.2, 0) is 19.9 Å². The lowest BCUT2D eigenvalue weighted by Crippen LogP contribution is -2.47. The third-order valence-electron chi connectivity index (χ3n) is 7.57. The molecule has 2 saturated heterocycles. The Morgan fingerprint density at radius 3 is 2.64 bits per heavy atom. The second-order valence-electron chi connectivity index (χ2n) is 10.2. The predicted molar refractivity (Wildman–Crippen MR) is 139 cm³/mol. The summed E-state index contributed by atoms with van der Waals surface area (Å²) >= 11 is 0. The molecule has 0 spiro atoms. The van der Waals surface area contributed by atoms with E-state index in [9.17, 15) is 18.0 Å². The molecule has 2 aliphatic heterocycles. The Morgan fingerprint density at radius 2 is 1.97 bits per heavy atom. The standard InChI is InChI=1S/C28H32F3N5O3/c1-16(20-5-4-6-21(25(20)29)26(30)31)33-27-22-13-24(32-14-23(22)34-17(2)35-27)28(39-19-7-12-38-15-19)8-10-36(11-9-28)18(3)37/h4-6,13-14,16,19,26H,7-12,15H2,1-3H3,(H,33,34,35)/t16-,19+/m1/s1. The van der Waals surface area contributed by atoms with E-state index in [1.807, 2.05) is 6.07 Å². The monoisotopic (exact) mass is 543 g/mol. The number of hydrogen-bond acceptors (Lipinski definition) is 7. The van der Waals surface area contributed by atoms with Gasteiger partial charge in [-0.15, -0.1) is 0 Å². The first-order valence-corrected chi connectivity index (χ1v) is 13.2. The third-order valence-corrected chi connectivity index (χ3v) is 7.57. The number of amides is 1. The van der Waals surface area contributed by atoms with Gasteiger partial charge in [0.25, 0.3) is 6.43 Å². The van der Waals surface area contributed by atoms with Crippen LogP contribution in [0, 0.1) is 12.7 Å². The van der Waals surface area contributed by atoms with Crippen LogP contribution >= 0.6 is 0 Å². The number of halogens is 3. The molecule has 2 atom stereocenters. The van der Waals surface area contributed by atoms with Crippen LogP contribution in [0.1, 0.15) is 68.2 Å². The summed E-state index contributed by atoms with van der Waals surface area (Å²) in [5, 5.41) is 3.86. The lowest BCUT2D eigenvalue weighted by molar-refractivity contribution is -0.147. The molecule has 5 rings (SSSR count). The highest BCUT2D eigenvalue weighted by atomic mass is 19.3. The fraction of sp³-hybridized carbons (Fsp3) is 0.500. The zero-order chi connectivity index (χ0) is 27.7. The van der Waals surface area contributed by atoms with E-state index >= 15 is 0 Å². The molecule has 11 heteroatoms. The molecule has 2 aliphatic rings. The number of fused-ring (bicyclic) bond motifs is 1. The van der Waals surface area contributed by atoms with Crippen molar-refractivity contribution in [2.75, 3.05) is 31.6 Å². The van der Waals surface area contributed by atoms with E-state index in [0.717, 1.165) is 12.5 Å². The molecule has 8 nitrogen and oxygen atoms in total. The molecule has 2 aromatic heterocycles. The van der Waals surface area contributed by atoms with Crippen molar-refractivity contribution >= 4 is 22.6 Å². The van der Waals surface area contributed by atoms with Crippen LogP contribution in [-0.4, -0.2) is 58.2 Å². The number of anilines is 1. The van der Waals surface area contributed by atoms with E-state index in [2.05, 4.69) is 15.3 Å². The van der Waals surface area contributed by atoms with Crippen molar-refractivity contribution in [3.05, 3.63) is 58.9 Å². The highest BCUT2D eigenvalue weighted by Gasteiger charge is 2.42. The topological polar surface area (TPSA) is 89.5 Å². The van der Waals surface area contributed by atoms with Gasteiger partial charge in [-0.25, -0.2) is 23.1 Å². The lowest BCUT2D eigenvalue weighted by atomic mass is 9.86. The highest BCUT2D eigenvalue weighted by molar-refractivity contribution is 5.89. The third kappa shape index (κ3) is 5.56. The van der Waals surface area contributed by atoms with Crippen molar-refractivity contribution in [1.29, 1.82) is 0 Å². The van der Waals surface area contributed by atoms with Crippen LogP contribution in [0.4, 0.5) is 19.0 Å². The number of nitrogens with zero attached hydrogens (tertiary/aromatic N) is 4. The van der Waals surface area contributed by atoms with Crippen molar-refractivity contribution in [3.63, 3.8) is 0 Å². The van der Waals surface area contributed by atoms with Gasteiger partial charge in [0.15, 0.2) is 0 Å². The summed E-state index contributed by atoms with van der Waals surface area (Å²) < 4.78 is 53.7. The van der Waals surface area contributed by atoms with Gasteiger partial charge in [-0.05, 0) is 39.2 Å². The SMILES string of the molecule is CC(=O)N1CCC(O[C@H]2CCOC2)(c2cc3c(N[C@H](C)c4cccc(C(F)F)c4F)nc(C)nc3cn2)CC1. The van der Waals surface area contributed by atoms with Gasteiger partial charge in [-0.1, -0.05) is 18.2 Å². The van der Waals surface area contributed by atoms with Gasteiger partial charge in [0.05, 0.1) is 41.7 Å². The Morgan fingerprint density at radius 1 is 1.23 bits per heavy atom. The molecule has 39 heavy (non-hydrogen) atoms. The minimum Gasteiger partial charge on any atom is -0.379 e. The second-order valence-corrected chi connectivity index (χ2v) is 10.2. The number of benzene rings is 1. The summed E-state index contributed by atoms with van der Waals surface area (Å²) in [6, 6.07) is 5.22. The summed E-state index contributed by atoms with van der Waals surface area (Å²) in [5.41, 5.74) is 0.0269. The summed E-state index contributed by atoms with van der Waals surface area (Å²) in [6.45, 7) is 7.20. The number of nitrogens with one attached hydrogen (secondary N) is 1. The molecule has 0 aliphatic carbocycles. The van der Waals surface area contributed by atoms with Gasteiger partial charge in [-0.2, -0.15) is 0 Å². The number of rotatable bonds is 7. The molecule has 0 radical (unpaired) electrons. The molecule has 208 valence electrons. The molecule has 0 saturated carbocycles. The lowest BCUT2D eigenvalue weighted by Gasteiger charge is -2.42. The minimum absolute atomic E-state index is 0.0202. The molecule has 3 aromatic rings. The van der Waals surface area contributed by atoms with Crippen molar-refractivity contribution in [2.24, 2.45) is 0 Å². The number of carbonyl (C=O) groups excluding carboxylic acids is 1. The average Bonchev–Trinajstić information content (AvgIpc) is 3.41. The first kappa shape index (κ1) is 27.3. The number of piperidine rings is 1. The van der Waals surface area contributed by atoms with Gasteiger partial charge in [0.2, 0.25) is 5.91 Å². The van der Waals surface area contributed by atoms with E-state index in [1.165, 1.54) is 12.1 Å². The van der Waals surface area contributed by atoms with E-state index in [0.29, 0.717) is 67.4 Å². The zero-order valence-corrected chi connectivity index (χ0v) is 22.2. The van der Waals surface area contributed by atoms with Gasteiger partial charge < -0.3 is 19.7 Å². The van der Waals surface area contributed by atoms with Crippen molar-refractivity contribution in [2.45, 2.75) is 64.2 Å². The van der Waals surface area contributed by atoms with E-state index in [4.69, 9.17) is 14.5 Å². The first-order chi connectivity index (χ1) is 18.7. The Kier molecular flexibility index (Phi) is 7.73. The normalized spacial score (nSPS) is 20.0. The van der Waals surface area contributed by atoms with Crippen LogP contribution in [0.2, 0.25) is 0 Å². The maximum absolute atomic E-state index is 14.9. The number of carbonyl (C=O) groups is 1. The molecule has 0 unspecified atom stereocenters. The number of aryl methyl sites for hydroxylation is 1. The Balaban J connectivity index is 1.52. The summed E-state index contributed by atoms with van der Waals surface area (Å²) in [4.78, 5) is 27.6. The first-order valence-electron chi connectivity index (χ1n) is 13.2. The van der Waals surface area contributed by atoms with Crippen LogP contribution < -0.4 is 5.32 Å². The Labute approximate surface area is 224 Å². The maximum atomic E-state index is 14.9. The highest BCUT2D eigenvalue weighted by Crippen LogP contribution is 2.40. The van der Waals surface area contributed by atoms with Crippen LogP contribution in [0.3, 0.4) is 0 Å². The van der Waals surface area contributed by atoms with E-state index < -0.39 is 29.4 Å². The Bertz CT molecular complexity index is 1360. The van der Waals surface area contributed by atoms with Crippen molar-refractivity contribution in [1.82, 2.24) is 19.9 Å². The largest absolute Gasteiger partial charge is 0.379 e. The fourth-order valence-electron chi connectivity index (χ4n) is 5.40. The van der Waals surface area contributed by atoms with E-state index in [1.54, 1.807) is 31.9 Å². The number of aromatic nitrogens is 3. The maximum Gasteiger partial charge on any atom is 0.266 e. The molecule has 1 N–H and O–H groups in total. The van der Waals surface area contributed by atoms with Gasteiger partial charge in [-0.3, -0.25) is 9.78 Å². The van der Waals surface area contributed by atoms with Crippen molar-refractivity contribution < 1.29 is 27.4 Å². The minimum atomic E-state index is -2.91. The summed E-state index contributed by atoms with van der Waals surface area (Å²) in [7, 11) is 0. The molecular weight excluding hydrogens is 511 g/mol. The molecule has 0 bridgehead atoms. The fourth-order valence-corrected chi connectivity index (χ4v) is 5.40. The van der Waals surface area contributed by atoms with E-state index in [-0.39, 0.29) is 17.6 Å². The Hall–Kier alpha value is -3.31. The number of ether oxygens (including phenoxy) is 2. The quantitative estimate of drug-likeness (QED) is 0.437. The van der Waals surface area contributed by atoms with Crippen LogP contribution in [0.25, 0.3) is 10.9 Å². The smallest absolute Gasteiger partial charge is 0.266 e. The molecule has 1 amide bonds. The predicted octanol–water partition coefficient (Wildman–Crippen LogP) is 5.23. The van der Waals surface area contributed by atoms with Gasteiger partial charge >= 0.3 is 0 Å². The van der Waals surface area contributed by atoms with Gasteiger partial charge in [0.1, 0.15) is 23.1 Å². The molecule has 2 fully saturated rings. The van der Waals surface area contributed by atoms with Gasteiger partial charge in [0, 0.05) is 37.6 Å². The van der Waals surface area contributed by atoms with Crippen molar-refractivity contribution in [3.8, 4) is 0 Å². The summed E-state index contributed by atoms with van der Waals surface area (Å²) in [5.74, 6) is 0.00785. The zero-order valence-electron chi connectivity index (χ0n) is 22.2. The number of likely N-dealkylation sites (tertiary alicyclic amines) is 1. The van der Waals surface area contributed by atoms with Crippen LogP contribution in [0.15, 0.2) is 30.5 Å². The molecule has 1 aromatic carbocycles. The summed E-state index contributed by atoms with van der Waals surface area (Å²) in [6.07, 6.45) is 0.591. The number of pyridine rings is 1. The number of alkyl halides is 2. The number of hydrogen-bond donors (Lipinski definition) is 1. The average molecular weight is 544 g/mol. The van der Waals surface area contributed by atoms with Crippen LogP contribution in [0.5, 0.6) is 0 Å². The second kappa shape index (κ2) is 11.1. The molecular formula is C28H32F3N5O3. The molecule has 4 heterocycles.